The second-order valence-corrected chi connectivity index (χ2v) is 5.55. The first kappa shape index (κ1) is 13.8. The number of aliphatic hydroxyl groups excluding tert-OH is 1. The Morgan fingerprint density at radius 1 is 1.39 bits per heavy atom. The fourth-order valence-electron chi connectivity index (χ4n) is 2.88. The molecule has 0 aromatic heterocycles. The zero-order valence-electron chi connectivity index (χ0n) is 11.3. The van der Waals surface area contributed by atoms with E-state index in [1.807, 2.05) is 11.8 Å². The highest BCUT2D eigenvalue weighted by molar-refractivity contribution is 5.82. The quantitative estimate of drug-likeness (QED) is 0.737. The molecule has 104 valence electrons. The molecule has 18 heavy (non-hydrogen) atoms. The number of morpholine rings is 1. The van der Waals surface area contributed by atoms with Gasteiger partial charge < -0.3 is 20.1 Å². The molecule has 5 heteroatoms. The second-order valence-electron chi connectivity index (χ2n) is 5.55. The van der Waals surface area contributed by atoms with E-state index in [1.165, 1.54) is 0 Å². The van der Waals surface area contributed by atoms with Gasteiger partial charge in [-0.1, -0.05) is 0 Å². The maximum absolute atomic E-state index is 12.4. The van der Waals surface area contributed by atoms with Crippen LogP contribution in [0.3, 0.4) is 0 Å². The SMILES string of the molecule is CC1CCCC(C(=O)N2CC(C)OC(CO)C2)N1. The zero-order valence-corrected chi connectivity index (χ0v) is 11.3. The average molecular weight is 256 g/mol. The first-order chi connectivity index (χ1) is 8.60. The molecule has 5 nitrogen and oxygen atoms in total. The van der Waals surface area contributed by atoms with Crippen molar-refractivity contribution in [2.75, 3.05) is 19.7 Å². The van der Waals surface area contributed by atoms with Crippen LogP contribution in [0, 0.1) is 0 Å². The zero-order chi connectivity index (χ0) is 13.1. The Kier molecular flexibility index (Phi) is 4.59. The molecule has 2 aliphatic heterocycles. The van der Waals surface area contributed by atoms with Gasteiger partial charge in [-0.05, 0) is 33.1 Å². The second kappa shape index (κ2) is 5.99. The molecular formula is C13H24N2O3. The van der Waals surface area contributed by atoms with Crippen LogP contribution in [-0.2, 0) is 9.53 Å². The van der Waals surface area contributed by atoms with Gasteiger partial charge in [-0.2, -0.15) is 0 Å². The fraction of sp³-hybridized carbons (Fsp3) is 0.923. The summed E-state index contributed by atoms with van der Waals surface area (Å²) >= 11 is 0. The number of amides is 1. The average Bonchev–Trinajstić information content (AvgIpc) is 2.37. The molecule has 4 atom stereocenters. The van der Waals surface area contributed by atoms with Gasteiger partial charge in [0.2, 0.25) is 5.91 Å². The summed E-state index contributed by atoms with van der Waals surface area (Å²) in [5, 5.41) is 12.5. The third kappa shape index (κ3) is 3.22. The topological polar surface area (TPSA) is 61.8 Å². The number of hydrogen-bond acceptors (Lipinski definition) is 4. The molecule has 0 radical (unpaired) electrons. The van der Waals surface area contributed by atoms with Crippen LogP contribution in [0.15, 0.2) is 0 Å². The Morgan fingerprint density at radius 2 is 2.17 bits per heavy atom. The predicted octanol–water partition coefficient (Wildman–Crippen LogP) is 0.125. The van der Waals surface area contributed by atoms with Crippen LogP contribution in [-0.4, -0.2) is 59.9 Å². The number of nitrogens with one attached hydrogen (secondary N) is 1. The summed E-state index contributed by atoms with van der Waals surface area (Å²) in [5.41, 5.74) is 0. The van der Waals surface area contributed by atoms with E-state index < -0.39 is 0 Å². The van der Waals surface area contributed by atoms with E-state index in [9.17, 15) is 9.90 Å². The Bertz CT molecular complexity index is 298. The minimum atomic E-state index is -0.237. The molecule has 2 fully saturated rings. The van der Waals surface area contributed by atoms with Crippen molar-refractivity contribution in [1.82, 2.24) is 10.2 Å². The lowest BCUT2D eigenvalue weighted by atomic mass is 9.98. The highest BCUT2D eigenvalue weighted by atomic mass is 16.5. The van der Waals surface area contributed by atoms with E-state index in [-0.39, 0.29) is 30.8 Å². The minimum absolute atomic E-state index is 0.000800. The third-order valence-corrected chi connectivity index (χ3v) is 3.76. The summed E-state index contributed by atoms with van der Waals surface area (Å²) in [6, 6.07) is 0.359. The molecule has 2 heterocycles. The van der Waals surface area contributed by atoms with Gasteiger partial charge in [0.15, 0.2) is 0 Å². The lowest BCUT2D eigenvalue weighted by Crippen LogP contribution is -2.57. The number of aliphatic hydroxyl groups is 1. The largest absolute Gasteiger partial charge is 0.394 e. The summed E-state index contributed by atoms with van der Waals surface area (Å²) in [5.74, 6) is 0.162. The highest BCUT2D eigenvalue weighted by Crippen LogP contribution is 2.17. The molecule has 0 aromatic carbocycles. The van der Waals surface area contributed by atoms with Crippen molar-refractivity contribution in [1.29, 1.82) is 0 Å². The Balaban J connectivity index is 1.94. The van der Waals surface area contributed by atoms with Crippen molar-refractivity contribution in [2.24, 2.45) is 0 Å². The van der Waals surface area contributed by atoms with E-state index in [4.69, 9.17) is 4.74 Å². The van der Waals surface area contributed by atoms with Gasteiger partial charge in [-0.25, -0.2) is 0 Å². The van der Waals surface area contributed by atoms with Crippen LogP contribution in [0.4, 0.5) is 0 Å². The standard InChI is InChI=1S/C13H24N2O3/c1-9-4-3-5-12(14-9)13(17)15-6-10(2)18-11(7-15)8-16/h9-12,14,16H,3-8H2,1-2H3. The smallest absolute Gasteiger partial charge is 0.239 e. The molecular weight excluding hydrogens is 232 g/mol. The van der Waals surface area contributed by atoms with Gasteiger partial charge in [-0.15, -0.1) is 0 Å². The van der Waals surface area contributed by atoms with E-state index in [0.29, 0.717) is 19.1 Å². The lowest BCUT2D eigenvalue weighted by Gasteiger charge is -2.39. The van der Waals surface area contributed by atoms with Crippen LogP contribution in [0.1, 0.15) is 33.1 Å². The summed E-state index contributed by atoms with van der Waals surface area (Å²) in [6.07, 6.45) is 2.93. The molecule has 0 aromatic rings. The van der Waals surface area contributed by atoms with E-state index in [2.05, 4.69) is 12.2 Å². The molecule has 0 bridgehead atoms. The van der Waals surface area contributed by atoms with Crippen molar-refractivity contribution in [3.8, 4) is 0 Å². The Hall–Kier alpha value is -0.650. The molecule has 2 N–H and O–H groups in total. The van der Waals surface area contributed by atoms with Crippen LogP contribution < -0.4 is 5.32 Å². The molecule has 2 rings (SSSR count). The molecule has 2 aliphatic rings. The van der Waals surface area contributed by atoms with Crippen LogP contribution in [0.25, 0.3) is 0 Å². The van der Waals surface area contributed by atoms with Gasteiger partial charge in [0.05, 0.1) is 24.9 Å². The van der Waals surface area contributed by atoms with Crippen molar-refractivity contribution in [3.05, 3.63) is 0 Å². The van der Waals surface area contributed by atoms with Crippen LogP contribution in [0.5, 0.6) is 0 Å². The van der Waals surface area contributed by atoms with E-state index >= 15 is 0 Å². The molecule has 2 saturated heterocycles. The predicted molar refractivity (Wildman–Crippen MR) is 68.2 cm³/mol. The number of ether oxygens (including phenoxy) is 1. The number of rotatable bonds is 2. The third-order valence-electron chi connectivity index (χ3n) is 3.76. The van der Waals surface area contributed by atoms with E-state index in [0.717, 1.165) is 19.3 Å². The Labute approximate surface area is 108 Å². The first-order valence-electron chi connectivity index (χ1n) is 6.91. The van der Waals surface area contributed by atoms with Gasteiger partial charge in [0, 0.05) is 19.1 Å². The Morgan fingerprint density at radius 3 is 2.83 bits per heavy atom. The molecule has 0 saturated carbocycles. The van der Waals surface area contributed by atoms with Crippen molar-refractivity contribution in [3.63, 3.8) is 0 Å². The lowest BCUT2D eigenvalue weighted by molar-refractivity contribution is -0.150. The van der Waals surface area contributed by atoms with E-state index in [1.54, 1.807) is 0 Å². The van der Waals surface area contributed by atoms with Crippen molar-refractivity contribution < 1.29 is 14.6 Å². The maximum Gasteiger partial charge on any atom is 0.239 e. The minimum Gasteiger partial charge on any atom is -0.394 e. The number of carbonyl (C=O) groups is 1. The summed E-state index contributed by atoms with van der Waals surface area (Å²) in [7, 11) is 0. The highest BCUT2D eigenvalue weighted by Gasteiger charge is 2.33. The molecule has 1 amide bonds. The van der Waals surface area contributed by atoms with Crippen molar-refractivity contribution in [2.45, 2.75) is 57.4 Å². The first-order valence-corrected chi connectivity index (χ1v) is 6.91. The number of carbonyl (C=O) groups excluding carboxylic acids is 1. The normalized spacial score (nSPS) is 37.6. The summed E-state index contributed by atoms with van der Waals surface area (Å²) in [6.45, 7) is 5.17. The fourth-order valence-corrected chi connectivity index (χ4v) is 2.88. The summed E-state index contributed by atoms with van der Waals surface area (Å²) in [4.78, 5) is 14.3. The van der Waals surface area contributed by atoms with Gasteiger partial charge in [-0.3, -0.25) is 4.79 Å². The van der Waals surface area contributed by atoms with Gasteiger partial charge in [0.25, 0.3) is 0 Å². The molecule has 0 spiro atoms. The van der Waals surface area contributed by atoms with Crippen LogP contribution >= 0.6 is 0 Å². The number of piperidine rings is 1. The number of nitrogens with zero attached hydrogens (tertiary/aromatic N) is 1. The van der Waals surface area contributed by atoms with Crippen molar-refractivity contribution >= 4 is 5.91 Å². The molecule has 0 aliphatic carbocycles. The van der Waals surface area contributed by atoms with Crippen LogP contribution in [0.2, 0.25) is 0 Å². The van der Waals surface area contributed by atoms with Gasteiger partial charge >= 0.3 is 0 Å². The monoisotopic (exact) mass is 256 g/mol. The molecule has 4 unspecified atom stereocenters. The summed E-state index contributed by atoms with van der Waals surface area (Å²) < 4.78 is 5.56. The maximum atomic E-state index is 12.4. The van der Waals surface area contributed by atoms with Gasteiger partial charge in [0.1, 0.15) is 0 Å². The number of hydrogen-bond donors (Lipinski definition) is 2.